The van der Waals surface area contributed by atoms with Crippen molar-refractivity contribution in [2.45, 2.75) is 13.8 Å². The molecule has 0 aliphatic rings. The first-order valence-electron chi connectivity index (χ1n) is 6.01. The number of nitrogens with zero attached hydrogens (tertiary/aromatic N) is 2. The summed E-state index contributed by atoms with van der Waals surface area (Å²) in [6, 6.07) is 5.94. The van der Waals surface area contributed by atoms with Gasteiger partial charge in [-0.05, 0) is 32.0 Å². The Bertz CT molecular complexity index is 720. The van der Waals surface area contributed by atoms with Crippen LogP contribution in [-0.2, 0) is 0 Å². The SMILES string of the molecule is Cc1cc(Oc2cc(Br)ccc2F)c(/C(N)=N/O)c(C)n1. The number of oxime groups is 1. The lowest BCUT2D eigenvalue weighted by atomic mass is 10.1. The van der Waals surface area contributed by atoms with Gasteiger partial charge in [0.25, 0.3) is 0 Å². The normalized spacial score (nSPS) is 11.5. The number of amidine groups is 1. The quantitative estimate of drug-likeness (QED) is 0.383. The van der Waals surface area contributed by atoms with Gasteiger partial charge in [0.1, 0.15) is 5.75 Å². The molecule has 0 saturated carbocycles. The fraction of sp³-hybridized carbons (Fsp3) is 0.143. The number of ether oxygens (including phenoxy) is 1. The van der Waals surface area contributed by atoms with Gasteiger partial charge in [0.2, 0.25) is 0 Å². The molecule has 0 aliphatic carbocycles. The van der Waals surface area contributed by atoms with Gasteiger partial charge in [0, 0.05) is 16.2 Å². The zero-order valence-electron chi connectivity index (χ0n) is 11.4. The van der Waals surface area contributed by atoms with Gasteiger partial charge in [0.15, 0.2) is 17.4 Å². The summed E-state index contributed by atoms with van der Waals surface area (Å²) in [5, 5.41) is 11.8. The van der Waals surface area contributed by atoms with Crippen molar-refractivity contribution in [3.05, 3.63) is 51.5 Å². The molecule has 3 N–H and O–H groups in total. The number of aryl methyl sites for hydroxylation is 2. The Hall–Kier alpha value is -2.15. The fourth-order valence-electron chi connectivity index (χ4n) is 1.91. The highest BCUT2D eigenvalue weighted by Crippen LogP contribution is 2.31. The smallest absolute Gasteiger partial charge is 0.175 e. The van der Waals surface area contributed by atoms with E-state index in [0.717, 1.165) is 0 Å². The van der Waals surface area contributed by atoms with Crippen LogP contribution in [0.1, 0.15) is 17.0 Å². The van der Waals surface area contributed by atoms with Crippen molar-refractivity contribution in [2.75, 3.05) is 0 Å². The maximum absolute atomic E-state index is 13.8. The van der Waals surface area contributed by atoms with Crippen LogP contribution in [0.15, 0.2) is 33.9 Å². The minimum absolute atomic E-state index is 0.0290. The van der Waals surface area contributed by atoms with E-state index in [0.29, 0.717) is 21.4 Å². The van der Waals surface area contributed by atoms with Crippen molar-refractivity contribution < 1.29 is 14.3 Å². The molecule has 1 heterocycles. The van der Waals surface area contributed by atoms with Crippen LogP contribution in [0.4, 0.5) is 4.39 Å². The molecule has 2 aromatic rings. The van der Waals surface area contributed by atoms with E-state index in [1.54, 1.807) is 26.0 Å². The second-order valence-corrected chi connectivity index (χ2v) is 5.30. The Morgan fingerprint density at radius 2 is 2.05 bits per heavy atom. The lowest BCUT2D eigenvalue weighted by Gasteiger charge is -2.14. The maximum atomic E-state index is 13.8. The minimum Gasteiger partial charge on any atom is -0.453 e. The molecule has 2 rings (SSSR count). The molecule has 1 aromatic heterocycles. The third-order valence-electron chi connectivity index (χ3n) is 2.77. The van der Waals surface area contributed by atoms with E-state index in [9.17, 15) is 4.39 Å². The molecule has 0 spiro atoms. The predicted octanol–water partition coefficient (Wildman–Crippen LogP) is 3.49. The molecule has 5 nitrogen and oxygen atoms in total. The highest BCUT2D eigenvalue weighted by Gasteiger charge is 2.16. The summed E-state index contributed by atoms with van der Waals surface area (Å²) >= 11 is 3.25. The van der Waals surface area contributed by atoms with Crippen LogP contribution in [0, 0.1) is 19.7 Å². The van der Waals surface area contributed by atoms with Crippen molar-refractivity contribution in [2.24, 2.45) is 10.9 Å². The summed E-state index contributed by atoms with van der Waals surface area (Å²) < 4.78 is 20.1. The average Bonchev–Trinajstić information content (AvgIpc) is 2.41. The highest BCUT2D eigenvalue weighted by atomic mass is 79.9. The number of aromatic nitrogens is 1. The van der Waals surface area contributed by atoms with E-state index in [2.05, 4.69) is 26.1 Å². The van der Waals surface area contributed by atoms with Crippen LogP contribution in [0.2, 0.25) is 0 Å². The molecule has 0 radical (unpaired) electrons. The van der Waals surface area contributed by atoms with E-state index < -0.39 is 5.82 Å². The first kappa shape index (κ1) is 15.2. The second-order valence-electron chi connectivity index (χ2n) is 4.38. The first-order valence-corrected chi connectivity index (χ1v) is 6.80. The summed E-state index contributed by atoms with van der Waals surface area (Å²) in [5.41, 5.74) is 7.16. The van der Waals surface area contributed by atoms with Gasteiger partial charge >= 0.3 is 0 Å². The molecule has 21 heavy (non-hydrogen) atoms. The van der Waals surface area contributed by atoms with Crippen LogP contribution in [0.5, 0.6) is 11.5 Å². The van der Waals surface area contributed by atoms with Crippen molar-refractivity contribution in [1.82, 2.24) is 4.98 Å². The minimum atomic E-state index is -0.518. The number of nitrogens with two attached hydrogens (primary N) is 1. The molecule has 110 valence electrons. The zero-order valence-corrected chi connectivity index (χ0v) is 13.0. The highest BCUT2D eigenvalue weighted by molar-refractivity contribution is 9.10. The van der Waals surface area contributed by atoms with E-state index in [-0.39, 0.29) is 17.3 Å². The van der Waals surface area contributed by atoms with Crippen molar-refractivity contribution in [3.8, 4) is 11.5 Å². The topological polar surface area (TPSA) is 80.7 Å². The van der Waals surface area contributed by atoms with Crippen molar-refractivity contribution >= 4 is 21.8 Å². The van der Waals surface area contributed by atoms with E-state index in [1.807, 2.05) is 0 Å². The van der Waals surface area contributed by atoms with Crippen LogP contribution in [0.25, 0.3) is 0 Å². The van der Waals surface area contributed by atoms with Crippen molar-refractivity contribution in [3.63, 3.8) is 0 Å². The van der Waals surface area contributed by atoms with Crippen molar-refractivity contribution in [1.29, 1.82) is 0 Å². The summed E-state index contributed by atoms with van der Waals surface area (Å²) in [5.74, 6) is -0.366. The van der Waals surface area contributed by atoms with Gasteiger partial charge in [-0.3, -0.25) is 4.98 Å². The summed E-state index contributed by atoms with van der Waals surface area (Å²) in [6.45, 7) is 3.47. The van der Waals surface area contributed by atoms with Crippen LogP contribution >= 0.6 is 15.9 Å². The van der Waals surface area contributed by atoms with Gasteiger partial charge in [-0.15, -0.1) is 0 Å². The van der Waals surface area contributed by atoms with Gasteiger partial charge < -0.3 is 15.7 Å². The van der Waals surface area contributed by atoms with Gasteiger partial charge in [-0.2, -0.15) is 0 Å². The molecule has 0 atom stereocenters. The molecule has 0 unspecified atom stereocenters. The second kappa shape index (κ2) is 6.09. The number of pyridine rings is 1. The van der Waals surface area contributed by atoms with Crippen LogP contribution in [-0.4, -0.2) is 16.0 Å². The number of halogens is 2. The largest absolute Gasteiger partial charge is 0.453 e. The molecular weight excluding hydrogens is 341 g/mol. The van der Waals surface area contributed by atoms with E-state index in [1.165, 1.54) is 12.1 Å². The molecule has 0 amide bonds. The fourth-order valence-corrected chi connectivity index (χ4v) is 2.25. The Balaban J connectivity index is 2.55. The Morgan fingerprint density at radius 1 is 1.33 bits per heavy atom. The number of hydrogen-bond acceptors (Lipinski definition) is 4. The summed E-state index contributed by atoms with van der Waals surface area (Å²) in [7, 11) is 0. The van der Waals surface area contributed by atoms with E-state index in [4.69, 9.17) is 15.7 Å². The van der Waals surface area contributed by atoms with Gasteiger partial charge in [-0.25, -0.2) is 4.39 Å². The third-order valence-corrected chi connectivity index (χ3v) is 3.26. The zero-order chi connectivity index (χ0) is 15.6. The molecule has 7 heteroatoms. The lowest BCUT2D eigenvalue weighted by molar-refractivity contribution is 0.318. The molecule has 0 aliphatic heterocycles. The van der Waals surface area contributed by atoms with Gasteiger partial charge in [0.05, 0.1) is 11.3 Å². The predicted molar refractivity (Wildman–Crippen MR) is 80.4 cm³/mol. The first-order chi connectivity index (χ1) is 9.92. The van der Waals surface area contributed by atoms with E-state index >= 15 is 0 Å². The number of benzene rings is 1. The Labute approximate surface area is 129 Å². The monoisotopic (exact) mass is 353 g/mol. The van der Waals surface area contributed by atoms with Crippen LogP contribution in [0.3, 0.4) is 0 Å². The third kappa shape index (κ3) is 3.30. The Morgan fingerprint density at radius 3 is 2.71 bits per heavy atom. The molecular formula is C14H13BrFN3O2. The maximum Gasteiger partial charge on any atom is 0.175 e. The lowest BCUT2D eigenvalue weighted by Crippen LogP contribution is -2.17. The molecule has 0 bridgehead atoms. The molecule has 1 aromatic carbocycles. The Kier molecular flexibility index (Phi) is 4.42. The van der Waals surface area contributed by atoms with Crippen LogP contribution < -0.4 is 10.5 Å². The number of hydrogen-bond donors (Lipinski definition) is 2. The standard InChI is InChI=1S/C14H13BrFN3O2/c1-7-5-12(13(8(2)18-7)14(17)19-20)21-11-6-9(15)3-4-10(11)16/h3-6,20H,1-2H3,(H2,17,19). The average molecular weight is 354 g/mol. The summed E-state index contributed by atoms with van der Waals surface area (Å²) in [6.07, 6.45) is 0. The van der Waals surface area contributed by atoms with Gasteiger partial charge in [-0.1, -0.05) is 21.1 Å². The molecule has 0 saturated heterocycles. The number of rotatable bonds is 3. The summed E-state index contributed by atoms with van der Waals surface area (Å²) in [4.78, 5) is 4.23. The molecule has 0 fully saturated rings.